The van der Waals surface area contributed by atoms with Crippen molar-refractivity contribution in [3.8, 4) is 0 Å². The fourth-order valence-electron chi connectivity index (χ4n) is 1.41. The molecule has 11 heavy (non-hydrogen) atoms. The average molecular weight is 176 g/mol. The van der Waals surface area contributed by atoms with Gasteiger partial charge in [0.15, 0.2) is 0 Å². The van der Waals surface area contributed by atoms with Gasteiger partial charge in [0.2, 0.25) is 0 Å². The minimum absolute atomic E-state index is 0.187. The smallest absolute Gasteiger partial charge is 0.0720 e. The Bertz CT molecular complexity index is 132. The lowest BCUT2D eigenvalue weighted by molar-refractivity contribution is 0.0331. The largest absolute Gasteiger partial charge is 0.391 e. The molecule has 0 saturated carbocycles. The van der Waals surface area contributed by atoms with Crippen LogP contribution in [0.25, 0.3) is 0 Å². The SMILES string of the molecule is CN(C)C1CN(S)CCC1O. The summed E-state index contributed by atoms with van der Waals surface area (Å²) in [6.07, 6.45) is 0.639. The lowest BCUT2D eigenvalue weighted by Gasteiger charge is -2.36. The van der Waals surface area contributed by atoms with E-state index in [4.69, 9.17) is 0 Å². The van der Waals surface area contributed by atoms with Gasteiger partial charge in [-0.05, 0) is 20.5 Å². The van der Waals surface area contributed by atoms with E-state index in [1.807, 2.05) is 23.3 Å². The molecule has 66 valence electrons. The quantitative estimate of drug-likeness (QED) is 0.543. The van der Waals surface area contributed by atoms with Gasteiger partial charge in [-0.2, -0.15) is 0 Å². The van der Waals surface area contributed by atoms with E-state index in [9.17, 15) is 5.11 Å². The van der Waals surface area contributed by atoms with E-state index >= 15 is 0 Å². The molecule has 4 heteroatoms. The summed E-state index contributed by atoms with van der Waals surface area (Å²) in [6, 6.07) is 0.237. The average Bonchev–Trinajstić information content (AvgIpc) is 1.94. The summed E-state index contributed by atoms with van der Waals surface area (Å²) in [5, 5.41) is 9.55. The van der Waals surface area contributed by atoms with Gasteiger partial charge in [-0.25, -0.2) is 0 Å². The third-order valence-corrected chi connectivity index (χ3v) is 2.55. The topological polar surface area (TPSA) is 26.7 Å². The Kier molecular flexibility index (Phi) is 3.18. The van der Waals surface area contributed by atoms with Crippen molar-refractivity contribution in [1.82, 2.24) is 9.21 Å². The third kappa shape index (κ3) is 2.33. The van der Waals surface area contributed by atoms with Crippen molar-refractivity contribution in [3.05, 3.63) is 0 Å². The second-order valence-electron chi connectivity index (χ2n) is 3.30. The predicted molar refractivity (Wildman–Crippen MR) is 48.7 cm³/mol. The lowest BCUT2D eigenvalue weighted by Crippen LogP contribution is -2.50. The number of aliphatic hydroxyl groups is 1. The van der Waals surface area contributed by atoms with Crippen molar-refractivity contribution in [2.75, 3.05) is 27.2 Å². The van der Waals surface area contributed by atoms with E-state index in [0.29, 0.717) is 0 Å². The van der Waals surface area contributed by atoms with E-state index in [1.165, 1.54) is 0 Å². The van der Waals surface area contributed by atoms with Crippen LogP contribution in [-0.4, -0.2) is 53.6 Å². The molecule has 0 radical (unpaired) electrons. The molecule has 1 aliphatic heterocycles. The highest BCUT2D eigenvalue weighted by Gasteiger charge is 2.27. The van der Waals surface area contributed by atoms with E-state index < -0.39 is 0 Å². The zero-order valence-corrected chi connectivity index (χ0v) is 7.96. The molecule has 3 nitrogen and oxygen atoms in total. The van der Waals surface area contributed by atoms with Crippen LogP contribution in [0.4, 0.5) is 0 Å². The molecule has 0 aromatic heterocycles. The first-order chi connectivity index (χ1) is 5.11. The van der Waals surface area contributed by atoms with Crippen LogP contribution in [0, 0.1) is 0 Å². The fourth-order valence-corrected chi connectivity index (χ4v) is 1.69. The maximum atomic E-state index is 9.55. The normalized spacial score (nSPS) is 34.6. The molecule has 1 heterocycles. The molecule has 0 aromatic carbocycles. The highest BCUT2D eigenvalue weighted by molar-refractivity contribution is 7.77. The van der Waals surface area contributed by atoms with Crippen LogP contribution in [0.3, 0.4) is 0 Å². The van der Waals surface area contributed by atoms with E-state index in [1.54, 1.807) is 0 Å². The summed E-state index contributed by atoms with van der Waals surface area (Å²) in [6.45, 7) is 1.73. The van der Waals surface area contributed by atoms with Gasteiger partial charge in [0.1, 0.15) is 0 Å². The highest BCUT2D eigenvalue weighted by atomic mass is 32.1. The van der Waals surface area contributed by atoms with Crippen LogP contribution in [0.1, 0.15) is 6.42 Å². The third-order valence-electron chi connectivity index (χ3n) is 2.19. The highest BCUT2D eigenvalue weighted by Crippen LogP contribution is 2.15. The number of hydrogen-bond donors (Lipinski definition) is 2. The molecular weight excluding hydrogens is 160 g/mol. The predicted octanol–water partition coefficient (Wildman–Crippen LogP) is -0.172. The van der Waals surface area contributed by atoms with Crippen LogP contribution >= 0.6 is 12.8 Å². The van der Waals surface area contributed by atoms with Crippen LogP contribution in [0.2, 0.25) is 0 Å². The number of piperidine rings is 1. The summed E-state index contributed by atoms with van der Waals surface area (Å²) in [7, 11) is 3.97. The first-order valence-electron chi connectivity index (χ1n) is 3.89. The van der Waals surface area contributed by atoms with E-state index in [0.717, 1.165) is 19.5 Å². The molecule has 1 rings (SSSR count). The minimum atomic E-state index is -0.187. The van der Waals surface area contributed by atoms with Gasteiger partial charge in [0.25, 0.3) is 0 Å². The molecular formula is C7H16N2OS. The maximum Gasteiger partial charge on any atom is 0.0720 e. The first-order valence-corrected chi connectivity index (χ1v) is 4.29. The van der Waals surface area contributed by atoms with Crippen LogP contribution in [-0.2, 0) is 0 Å². The van der Waals surface area contributed by atoms with Crippen molar-refractivity contribution in [2.24, 2.45) is 0 Å². The van der Waals surface area contributed by atoms with Crippen molar-refractivity contribution in [3.63, 3.8) is 0 Å². The van der Waals surface area contributed by atoms with Crippen LogP contribution in [0.15, 0.2) is 0 Å². The summed E-state index contributed by atoms with van der Waals surface area (Å²) in [4.78, 5) is 2.05. The van der Waals surface area contributed by atoms with Gasteiger partial charge < -0.3 is 10.0 Å². The molecule has 2 unspecified atom stereocenters. The number of rotatable bonds is 1. The monoisotopic (exact) mass is 176 g/mol. The molecule has 1 fully saturated rings. The molecule has 0 bridgehead atoms. The Morgan fingerprint density at radius 1 is 1.55 bits per heavy atom. The molecule has 0 aliphatic carbocycles. The van der Waals surface area contributed by atoms with Crippen LogP contribution < -0.4 is 0 Å². The number of aliphatic hydroxyl groups excluding tert-OH is 1. The van der Waals surface area contributed by atoms with Gasteiger partial charge in [-0.3, -0.25) is 4.31 Å². The minimum Gasteiger partial charge on any atom is -0.391 e. The van der Waals surface area contributed by atoms with E-state index in [-0.39, 0.29) is 12.1 Å². The van der Waals surface area contributed by atoms with Crippen molar-refractivity contribution in [1.29, 1.82) is 0 Å². The Morgan fingerprint density at radius 2 is 2.18 bits per heavy atom. The van der Waals surface area contributed by atoms with Gasteiger partial charge in [0, 0.05) is 19.1 Å². The molecule has 0 spiro atoms. The molecule has 0 aromatic rings. The molecule has 2 atom stereocenters. The number of thiol groups is 1. The molecule has 0 amide bonds. The zero-order chi connectivity index (χ0) is 8.43. The standard InChI is InChI=1S/C7H16N2OS/c1-8(2)6-5-9(11)4-3-7(6)10/h6-7,10-11H,3-5H2,1-2H3. The van der Waals surface area contributed by atoms with Gasteiger partial charge in [-0.1, -0.05) is 12.8 Å². The Labute approximate surface area is 73.5 Å². The molecule has 1 aliphatic rings. The Hall–Kier alpha value is 0.230. The Morgan fingerprint density at radius 3 is 2.64 bits per heavy atom. The van der Waals surface area contributed by atoms with E-state index in [2.05, 4.69) is 12.8 Å². The second-order valence-corrected chi connectivity index (χ2v) is 3.87. The van der Waals surface area contributed by atoms with Gasteiger partial charge in [-0.15, -0.1) is 0 Å². The number of likely N-dealkylation sites (N-methyl/N-ethyl adjacent to an activating group) is 1. The fraction of sp³-hybridized carbons (Fsp3) is 1.00. The summed E-state index contributed by atoms with van der Waals surface area (Å²) in [5.74, 6) is 0. The van der Waals surface area contributed by atoms with Gasteiger partial charge >= 0.3 is 0 Å². The first kappa shape index (κ1) is 9.32. The second kappa shape index (κ2) is 3.76. The summed E-state index contributed by atoms with van der Waals surface area (Å²) >= 11 is 4.25. The van der Waals surface area contributed by atoms with Crippen molar-refractivity contribution in [2.45, 2.75) is 18.6 Å². The number of hydrogen-bond acceptors (Lipinski definition) is 4. The van der Waals surface area contributed by atoms with Crippen molar-refractivity contribution >= 4 is 12.8 Å². The molecule has 1 N–H and O–H groups in total. The maximum absolute atomic E-state index is 9.55. The van der Waals surface area contributed by atoms with Gasteiger partial charge in [0.05, 0.1) is 6.10 Å². The lowest BCUT2D eigenvalue weighted by atomic mass is 10.0. The number of nitrogens with zero attached hydrogens (tertiary/aromatic N) is 2. The summed E-state index contributed by atoms with van der Waals surface area (Å²) in [5.41, 5.74) is 0. The summed E-state index contributed by atoms with van der Waals surface area (Å²) < 4.78 is 1.96. The molecule has 1 saturated heterocycles. The Balaban J connectivity index is 2.47. The zero-order valence-electron chi connectivity index (χ0n) is 7.06. The van der Waals surface area contributed by atoms with Crippen molar-refractivity contribution < 1.29 is 5.11 Å². The van der Waals surface area contributed by atoms with Crippen LogP contribution in [0.5, 0.6) is 0 Å².